The van der Waals surface area contributed by atoms with Crippen molar-refractivity contribution in [2.75, 3.05) is 19.7 Å². The van der Waals surface area contributed by atoms with Crippen LogP contribution in [0.3, 0.4) is 0 Å². The zero-order valence-electron chi connectivity index (χ0n) is 11.8. The summed E-state index contributed by atoms with van der Waals surface area (Å²) < 4.78 is 5.48. The average Bonchev–Trinajstić information content (AvgIpc) is 2.45. The molecular formula is C15H19ClIN3O. The molecule has 1 aliphatic rings. The Morgan fingerprint density at radius 3 is 2.76 bits per heavy atom. The number of guanidine groups is 1. The maximum Gasteiger partial charge on any atom is 0.193 e. The Balaban J connectivity index is 0.00000220. The van der Waals surface area contributed by atoms with E-state index in [-0.39, 0.29) is 30.1 Å². The maximum atomic E-state index is 6.05. The molecule has 0 saturated carbocycles. The van der Waals surface area contributed by atoms with E-state index in [2.05, 4.69) is 10.9 Å². The second kappa shape index (κ2) is 8.47. The van der Waals surface area contributed by atoms with Crippen LogP contribution in [0.2, 0.25) is 5.02 Å². The number of terminal acetylenes is 1. The minimum absolute atomic E-state index is 0. The molecule has 4 nitrogen and oxygen atoms in total. The van der Waals surface area contributed by atoms with Crippen molar-refractivity contribution in [1.82, 2.24) is 4.90 Å². The highest BCUT2D eigenvalue weighted by atomic mass is 127. The maximum absolute atomic E-state index is 6.05. The fourth-order valence-electron chi connectivity index (χ4n) is 2.09. The summed E-state index contributed by atoms with van der Waals surface area (Å²) in [6.07, 6.45) is 5.71. The lowest BCUT2D eigenvalue weighted by Crippen LogP contribution is -2.48. The number of nitrogens with two attached hydrogens (primary N) is 1. The molecule has 0 amide bonds. The van der Waals surface area contributed by atoms with E-state index in [1.165, 1.54) is 0 Å². The molecule has 21 heavy (non-hydrogen) atoms. The smallest absolute Gasteiger partial charge is 0.193 e. The molecule has 114 valence electrons. The van der Waals surface area contributed by atoms with Crippen LogP contribution in [0.25, 0.3) is 0 Å². The summed E-state index contributed by atoms with van der Waals surface area (Å²) in [6, 6.07) is 6.93. The van der Waals surface area contributed by atoms with E-state index in [0.29, 0.717) is 17.6 Å². The molecule has 0 spiro atoms. The molecule has 1 fully saturated rings. The van der Waals surface area contributed by atoms with E-state index in [9.17, 15) is 0 Å². The summed E-state index contributed by atoms with van der Waals surface area (Å²) in [5.74, 6) is 3.11. The number of aliphatic imine (C=N–C) groups is 1. The zero-order valence-corrected chi connectivity index (χ0v) is 14.9. The highest BCUT2D eigenvalue weighted by molar-refractivity contribution is 14.0. The van der Waals surface area contributed by atoms with Gasteiger partial charge in [-0.2, -0.15) is 0 Å². The first-order valence-corrected chi connectivity index (χ1v) is 6.89. The average molecular weight is 420 g/mol. The first-order valence-electron chi connectivity index (χ1n) is 6.51. The Hall–Kier alpha value is -0.970. The van der Waals surface area contributed by atoms with Gasteiger partial charge in [-0.3, -0.25) is 0 Å². The van der Waals surface area contributed by atoms with Crippen LogP contribution in [0.15, 0.2) is 29.3 Å². The van der Waals surface area contributed by atoms with Gasteiger partial charge in [-0.1, -0.05) is 29.7 Å². The predicted octanol–water partition coefficient (Wildman–Crippen LogP) is 2.67. The number of morpholine rings is 1. The lowest BCUT2D eigenvalue weighted by atomic mass is 10.1. The van der Waals surface area contributed by atoms with Gasteiger partial charge in [0.15, 0.2) is 5.96 Å². The Morgan fingerprint density at radius 1 is 1.52 bits per heavy atom. The van der Waals surface area contributed by atoms with Crippen LogP contribution in [0, 0.1) is 12.3 Å². The number of ether oxygens (including phenoxy) is 1. The van der Waals surface area contributed by atoms with Crippen molar-refractivity contribution in [2.24, 2.45) is 10.7 Å². The number of benzene rings is 1. The van der Waals surface area contributed by atoms with E-state index in [1.54, 1.807) is 12.1 Å². The third-order valence-corrected chi connectivity index (χ3v) is 3.42. The number of nitrogens with zero attached hydrogens (tertiary/aromatic N) is 2. The van der Waals surface area contributed by atoms with Crippen molar-refractivity contribution in [2.45, 2.75) is 19.1 Å². The van der Waals surface area contributed by atoms with Crippen LogP contribution in [-0.4, -0.2) is 36.7 Å². The Kier molecular flexibility index (Phi) is 7.29. The van der Waals surface area contributed by atoms with Gasteiger partial charge in [0.2, 0.25) is 0 Å². The summed E-state index contributed by atoms with van der Waals surface area (Å²) in [4.78, 5) is 6.43. The summed E-state index contributed by atoms with van der Waals surface area (Å²) in [5.41, 5.74) is 6.96. The standard InChI is InChI=1S/C15H18ClN3O.HI/c1-3-14(12-4-6-13(16)7-5-12)18-15(17)19-8-9-20-11(2)10-19;/h1,4-7,11,14H,8-10H2,2H3,(H2,17,18);1H. The van der Waals surface area contributed by atoms with Crippen molar-refractivity contribution in [1.29, 1.82) is 0 Å². The molecule has 0 aliphatic carbocycles. The highest BCUT2D eigenvalue weighted by Gasteiger charge is 2.19. The molecule has 1 heterocycles. The van der Waals surface area contributed by atoms with Crippen LogP contribution < -0.4 is 5.73 Å². The molecule has 2 rings (SSSR count). The molecule has 2 unspecified atom stereocenters. The van der Waals surface area contributed by atoms with Gasteiger partial charge in [0.05, 0.1) is 12.7 Å². The first kappa shape index (κ1) is 18.1. The lowest BCUT2D eigenvalue weighted by molar-refractivity contribution is 0.00526. The van der Waals surface area contributed by atoms with E-state index in [1.807, 2.05) is 24.0 Å². The second-order valence-electron chi connectivity index (χ2n) is 4.74. The molecule has 1 aliphatic heterocycles. The number of rotatable bonds is 2. The van der Waals surface area contributed by atoms with Gasteiger partial charge >= 0.3 is 0 Å². The van der Waals surface area contributed by atoms with Crippen LogP contribution in [-0.2, 0) is 4.74 Å². The first-order chi connectivity index (χ1) is 9.60. The largest absolute Gasteiger partial charge is 0.375 e. The van der Waals surface area contributed by atoms with Crippen molar-refractivity contribution in [3.05, 3.63) is 34.9 Å². The van der Waals surface area contributed by atoms with Gasteiger partial charge in [0.1, 0.15) is 6.04 Å². The van der Waals surface area contributed by atoms with Crippen LogP contribution >= 0.6 is 35.6 Å². The molecule has 2 N–H and O–H groups in total. The van der Waals surface area contributed by atoms with E-state index in [0.717, 1.165) is 18.7 Å². The van der Waals surface area contributed by atoms with E-state index < -0.39 is 6.04 Å². The molecular weight excluding hydrogens is 401 g/mol. The number of halogens is 2. The highest BCUT2D eigenvalue weighted by Crippen LogP contribution is 2.19. The van der Waals surface area contributed by atoms with Gasteiger partial charge in [-0.15, -0.1) is 30.4 Å². The Bertz CT molecular complexity index is 527. The van der Waals surface area contributed by atoms with Gasteiger partial charge in [-0.25, -0.2) is 4.99 Å². The second-order valence-corrected chi connectivity index (χ2v) is 5.17. The van der Waals surface area contributed by atoms with Crippen LogP contribution in [0.4, 0.5) is 0 Å². The molecule has 0 radical (unpaired) electrons. The molecule has 2 atom stereocenters. The van der Waals surface area contributed by atoms with Crippen LogP contribution in [0.1, 0.15) is 18.5 Å². The lowest BCUT2D eigenvalue weighted by Gasteiger charge is -2.32. The monoisotopic (exact) mass is 419 g/mol. The van der Waals surface area contributed by atoms with E-state index in [4.69, 9.17) is 28.5 Å². The van der Waals surface area contributed by atoms with Gasteiger partial charge < -0.3 is 15.4 Å². The third-order valence-electron chi connectivity index (χ3n) is 3.17. The normalized spacial score (nSPS) is 20.3. The number of hydrogen-bond donors (Lipinski definition) is 1. The Morgan fingerprint density at radius 2 is 2.19 bits per heavy atom. The van der Waals surface area contributed by atoms with E-state index >= 15 is 0 Å². The fraction of sp³-hybridized carbons (Fsp3) is 0.400. The van der Waals surface area contributed by atoms with Gasteiger partial charge in [-0.05, 0) is 24.6 Å². The minimum atomic E-state index is -0.398. The molecule has 1 aromatic rings. The Labute approximate surface area is 147 Å². The minimum Gasteiger partial charge on any atom is -0.375 e. The summed E-state index contributed by atoms with van der Waals surface area (Å²) in [7, 11) is 0. The van der Waals surface area contributed by atoms with Crippen molar-refractivity contribution < 1.29 is 4.74 Å². The predicted molar refractivity (Wildman–Crippen MR) is 97.1 cm³/mol. The molecule has 1 aromatic carbocycles. The third kappa shape index (κ3) is 5.06. The van der Waals surface area contributed by atoms with Crippen LogP contribution in [0.5, 0.6) is 0 Å². The molecule has 1 saturated heterocycles. The molecule has 0 bridgehead atoms. The summed E-state index contributed by atoms with van der Waals surface area (Å²) in [5, 5.41) is 0.670. The van der Waals surface area contributed by atoms with Crippen molar-refractivity contribution >= 4 is 41.5 Å². The van der Waals surface area contributed by atoms with Crippen molar-refractivity contribution in [3.63, 3.8) is 0 Å². The fourth-order valence-corrected chi connectivity index (χ4v) is 2.22. The summed E-state index contributed by atoms with van der Waals surface area (Å²) >= 11 is 5.87. The quantitative estimate of drug-likeness (QED) is 0.347. The molecule has 0 aromatic heterocycles. The van der Waals surface area contributed by atoms with Gasteiger partial charge in [0.25, 0.3) is 0 Å². The topological polar surface area (TPSA) is 50.8 Å². The zero-order chi connectivity index (χ0) is 14.5. The van der Waals surface area contributed by atoms with Crippen molar-refractivity contribution in [3.8, 4) is 12.3 Å². The number of hydrogen-bond acceptors (Lipinski definition) is 2. The summed E-state index contributed by atoms with van der Waals surface area (Å²) in [6.45, 7) is 4.13. The SMILES string of the molecule is C#CC(N=C(N)N1CCOC(C)C1)c1ccc(Cl)cc1.I. The molecule has 6 heteroatoms. The van der Waals surface area contributed by atoms with Gasteiger partial charge in [0, 0.05) is 18.1 Å².